The first kappa shape index (κ1) is 38.7. The molecule has 0 bridgehead atoms. The zero-order chi connectivity index (χ0) is 39.3. The van der Waals surface area contributed by atoms with Crippen molar-refractivity contribution in [1.82, 2.24) is 29.2 Å². The van der Waals surface area contributed by atoms with Crippen LogP contribution in [-0.4, -0.2) is 94.2 Å². The predicted molar refractivity (Wildman–Crippen MR) is 208 cm³/mol. The zero-order valence-electron chi connectivity index (χ0n) is 32.2. The van der Waals surface area contributed by atoms with Gasteiger partial charge in [-0.05, 0) is 51.0 Å². The molecule has 4 heterocycles. The van der Waals surface area contributed by atoms with Crippen LogP contribution in [0.15, 0.2) is 78.0 Å². The molecule has 0 atom stereocenters. The SMILES string of the molecule is COC(Cn1cc(Nc2ncc3cc(N4CCN(C(=O)OCc5ccccc5)c5c(C)cccc54)c(=O)n(CCN(C)C(=O)OC(C)(C)C)c3n2)cn1)OC. The molecule has 2 aromatic carbocycles. The second-order valence-corrected chi connectivity index (χ2v) is 14.1. The number of nitrogens with one attached hydrogen (secondary N) is 1. The number of carbonyl (C=O) groups excluding carboxylic acids is 2. The number of carbonyl (C=O) groups is 2. The van der Waals surface area contributed by atoms with Crippen molar-refractivity contribution < 1.29 is 28.5 Å². The van der Waals surface area contributed by atoms with Gasteiger partial charge in [-0.25, -0.2) is 14.6 Å². The van der Waals surface area contributed by atoms with Gasteiger partial charge in [0.1, 0.15) is 23.5 Å². The second-order valence-electron chi connectivity index (χ2n) is 14.1. The molecule has 55 heavy (non-hydrogen) atoms. The molecule has 3 aromatic heterocycles. The van der Waals surface area contributed by atoms with Gasteiger partial charge >= 0.3 is 12.2 Å². The number of aromatic nitrogens is 5. The molecular formula is C39H47N9O7. The lowest BCUT2D eigenvalue weighted by Gasteiger charge is -2.38. The van der Waals surface area contributed by atoms with Crippen molar-refractivity contribution in [1.29, 1.82) is 0 Å². The molecule has 1 aliphatic rings. The van der Waals surface area contributed by atoms with Crippen LogP contribution in [-0.2, 0) is 38.6 Å². The minimum Gasteiger partial charge on any atom is -0.444 e. The number of aryl methyl sites for hydroxylation is 1. The average molecular weight is 754 g/mol. The molecule has 1 aliphatic heterocycles. The Bertz CT molecular complexity index is 2200. The Morgan fingerprint density at radius 2 is 1.76 bits per heavy atom. The molecule has 0 fully saturated rings. The first-order valence-electron chi connectivity index (χ1n) is 17.9. The summed E-state index contributed by atoms with van der Waals surface area (Å²) in [6.07, 6.45) is 3.57. The maximum Gasteiger partial charge on any atom is 0.414 e. The van der Waals surface area contributed by atoms with Gasteiger partial charge in [0.25, 0.3) is 5.56 Å². The van der Waals surface area contributed by atoms with Gasteiger partial charge in [0.2, 0.25) is 5.95 Å². The number of fused-ring (bicyclic) bond motifs is 2. The lowest BCUT2D eigenvalue weighted by atomic mass is 10.1. The number of hydrogen-bond donors (Lipinski definition) is 1. The van der Waals surface area contributed by atoms with Gasteiger partial charge in [-0.3, -0.25) is 18.9 Å². The lowest BCUT2D eigenvalue weighted by molar-refractivity contribution is -0.112. The molecule has 1 N–H and O–H groups in total. The van der Waals surface area contributed by atoms with Crippen LogP contribution in [0, 0.1) is 6.92 Å². The molecule has 290 valence electrons. The molecule has 0 saturated heterocycles. The quantitative estimate of drug-likeness (QED) is 0.153. The van der Waals surface area contributed by atoms with E-state index in [2.05, 4.69) is 15.4 Å². The highest BCUT2D eigenvalue weighted by atomic mass is 16.7. The standard InChI is InChI=1S/C39H47N9O7/c1-26-12-11-15-30-33(26)47(38(51)54-25-27-13-9-8-10-14-27)19-18-46(30)31-20-28-21-40-36(42-29-22-41-45(23-29)24-32(52-6)53-7)43-34(28)48(35(31)49)17-16-44(5)37(50)55-39(2,3)4/h8-15,20-23,32H,16-19,24-25H2,1-7H3,(H,40,42,43). The Morgan fingerprint density at radius 1 is 1.00 bits per heavy atom. The van der Waals surface area contributed by atoms with Gasteiger partial charge in [0.05, 0.1) is 29.8 Å². The summed E-state index contributed by atoms with van der Waals surface area (Å²) in [5, 5.41) is 8.12. The molecule has 6 rings (SSSR count). The first-order chi connectivity index (χ1) is 26.3. The number of ether oxygens (including phenoxy) is 4. The Morgan fingerprint density at radius 3 is 2.49 bits per heavy atom. The molecule has 0 radical (unpaired) electrons. The molecule has 0 saturated carbocycles. The van der Waals surface area contributed by atoms with Gasteiger partial charge in [-0.1, -0.05) is 42.5 Å². The Hall–Kier alpha value is -6.00. The largest absolute Gasteiger partial charge is 0.444 e. The van der Waals surface area contributed by atoms with Gasteiger partial charge in [0.15, 0.2) is 6.29 Å². The van der Waals surface area contributed by atoms with Crippen LogP contribution in [0.2, 0.25) is 0 Å². The number of rotatable bonds is 12. The fraction of sp³-hybridized carbons (Fsp3) is 0.385. The zero-order valence-corrected chi connectivity index (χ0v) is 32.2. The molecule has 0 aliphatic carbocycles. The highest BCUT2D eigenvalue weighted by Crippen LogP contribution is 2.40. The Labute approximate surface area is 319 Å². The fourth-order valence-electron chi connectivity index (χ4n) is 6.22. The monoisotopic (exact) mass is 753 g/mol. The van der Waals surface area contributed by atoms with E-state index in [0.717, 1.165) is 11.1 Å². The Kier molecular flexibility index (Phi) is 11.7. The smallest absolute Gasteiger partial charge is 0.414 e. The normalized spacial score (nSPS) is 12.9. The van der Waals surface area contributed by atoms with Crippen LogP contribution in [0.25, 0.3) is 11.0 Å². The predicted octanol–water partition coefficient (Wildman–Crippen LogP) is 5.82. The van der Waals surface area contributed by atoms with Gasteiger partial charge in [0, 0.05) is 65.2 Å². The Balaban J connectivity index is 1.35. The number of nitrogens with zero attached hydrogens (tertiary/aromatic N) is 8. The average Bonchev–Trinajstić information content (AvgIpc) is 3.61. The maximum absolute atomic E-state index is 14.7. The number of benzene rings is 2. The van der Waals surface area contributed by atoms with Crippen LogP contribution >= 0.6 is 0 Å². The summed E-state index contributed by atoms with van der Waals surface area (Å²) < 4.78 is 25.1. The summed E-state index contributed by atoms with van der Waals surface area (Å²) in [6, 6.07) is 17.0. The van der Waals surface area contributed by atoms with E-state index in [4.69, 9.17) is 23.9 Å². The topological polar surface area (TPSA) is 158 Å². The van der Waals surface area contributed by atoms with E-state index in [1.54, 1.807) is 80.8 Å². The third-order valence-corrected chi connectivity index (χ3v) is 8.96. The van der Waals surface area contributed by atoms with Crippen molar-refractivity contribution in [2.24, 2.45) is 0 Å². The van der Waals surface area contributed by atoms with Crippen LogP contribution < -0.4 is 20.7 Å². The van der Waals surface area contributed by atoms with E-state index in [0.29, 0.717) is 46.9 Å². The lowest BCUT2D eigenvalue weighted by Crippen LogP contribution is -2.45. The minimum atomic E-state index is -0.688. The maximum atomic E-state index is 14.7. The molecule has 16 heteroatoms. The van der Waals surface area contributed by atoms with Crippen molar-refractivity contribution in [3.8, 4) is 0 Å². The van der Waals surface area contributed by atoms with E-state index >= 15 is 0 Å². The molecule has 5 aromatic rings. The van der Waals surface area contributed by atoms with Crippen molar-refractivity contribution in [2.75, 3.05) is 56.0 Å². The minimum absolute atomic E-state index is 0.106. The van der Waals surface area contributed by atoms with E-state index in [1.807, 2.05) is 60.4 Å². The van der Waals surface area contributed by atoms with E-state index in [9.17, 15) is 14.4 Å². The summed E-state index contributed by atoms with van der Waals surface area (Å²) in [4.78, 5) is 55.3. The summed E-state index contributed by atoms with van der Waals surface area (Å²) in [6.45, 7) is 8.66. The van der Waals surface area contributed by atoms with Gasteiger partial charge in [-0.2, -0.15) is 10.1 Å². The van der Waals surface area contributed by atoms with E-state index in [1.165, 1.54) is 4.90 Å². The van der Waals surface area contributed by atoms with Crippen molar-refractivity contribution in [3.63, 3.8) is 0 Å². The van der Waals surface area contributed by atoms with Crippen LogP contribution in [0.1, 0.15) is 31.9 Å². The number of para-hydroxylation sites is 1. The summed E-state index contributed by atoms with van der Waals surface area (Å²) in [5.41, 5.74) is 3.39. The number of likely N-dealkylation sites (N-methyl/N-ethyl adjacent to an activating group) is 1. The van der Waals surface area contributed by atoms with E-state index in [-0.39, 0.29) is 37.7 Å². The second kappa shape index (κ2) is 16.6. The molecule has 0 spiro atoms. The van der Waals surface area contributed by atoms with Crippen molar-refractivity contribution in [2.45, 2.75) is 59.3 Å². The van der Waals surface area contributed by atoms with Crippen molar-refractivity contribution >= 4 is 51.9 Å². The van der Waals surface area contributed by atoms with Gasteiger partial charge in [-0.15, -0.1) is 0 Å². The molecule has 16 nitrogen and oxygen atoms in total. The third kappa shape index (κ3) is 9.04. The number of amides is 2. The van der Waals surface area contributed by atoms with Crippen molar-refractivity contribution in [3.05, 3.63) is 94.7 Å². The first-order valence-corrected chi connectivity index (χ1v) is 17.9. The molecule has 0 unspecified atom stereocenters. The van der Waals surface area contributed by atoms with Crippen LogP contribution in [0.3, 0.4) is 0 Å². The number of methoxy groups -OCH3 is 2. The highest BCUT2D eigenvalue weighted by Gasteiger charge is 2.32. The highest BCUT2D eigenvalue weighted by molar-refractivity contribution is 5.97. The number of anilines is 5. The number of hydrogen-bond acceptors (Lipinski definition) is 12. The van der Waals surface area contributed by atoms with E-state index < -0.39 is 24.1 Å². The summed E-state index contributed by atoms with van der Waals surface area (Å²) in [7, 11) is 4.73. The fourth-order valence-corrected chi connectivity index (χ4v) is 6.22. The van der Waals surface area contributed by atoms with Gasteiger partial charge < -0.3 is 34.1 Å². The summed E-state index contributed by atoms with van der Waals surface area (Å²) in [5.74, 6) is 0.243. The number of pyridine rings is 1. The third-order valence-electron chi connectivity index (χ3n) is 8.96. The van der Waals surface area contributed by atoms with Crippen LogP contribution in [0.5, 0.6) is 0 Å². The molecular weight excluding hydrogens is 706 g/mol. The molecule has 2 amide bonds. The summed E-state index contributed by atoms with van der Waals surface area (Å²) >= 11 is 0. The van der Waals surface area contributed by atoms with Crippen LogP contribution in [0.4, 0.5) is 38.3 Å².